The highest BCUT2D eigenvalue weighted by molar-refractivity contribution is 7.99. The number of aryl methyl sites for hydroxylation is 1. The molecule has 3 heterocycles. The number of nitrogens with two attached hydrogens (primary N) is 1. The van der Waals surface area contributed by atoms with E-state index >= 15 is 0 Å². The first-order valence-electron chi connectivity index (χ1n) is 11.4. The number of hydrogen-bond acceptors (Lipinski definition) is 8. The monoisotopic (exact) mass is 483 g/mol. The number of carbonyl (C=O) groups excluding carboxylic acids is 1. The molecular weight excluding hydrogens is 454 g/mol. The van der Waals surface area contributed by atoms with Crippen LogP contribution in [0.3, 0.4) is 0 Å². The van der Waals surface area contributed by atoms with Gasteiger partial charge in [0.15, 0.2) is 10.9 Å². The van der Waals surface area contributed by atoms with E-state index in [4.69, 9.17) is 5.73 Å². The van der Waals surface area contributed by atoms with E-state index in [0.29, 0.717) is 18.1 Å². The van der Waals surface area contributed by atoms with E-state index < -0.39 is 17.0 Å². The third-order valence-electron chi connectivity index (χ3n) is 5.94. The van der Waals surface area contributed by atoms with Crippen LogP contribution in [0, 0.1) is 6.92 Å². The predicted molar refractivity (Wildman–Crippen MR) is 133 cm³/mol. The minimum atomic E-state index is -0.682. The highest BCUT2D eigenvalue weighted by atomic mass is 32.2. The summed E-state index contributed by atoms with van der Waals surface area (Å²) < 4.78 is 4.16. The lowest BCUT2D eigenvalue weighted by Gasteiger charge is -2.18. The molecule has 1 saturated heterocycles. The number of nitrogen functional groups attached to an aromatic ring is 1. The molecule has 180 valence electrons. The maximum atomic E-state index is 13.1. The van der Waals surface area contributed by atoms with Gasteiger partial charge < -0.3 is 10.6 Å². The third kappa shape index (κ3) is 4.39. The van der Waals surface area contributed by atoms with Crippen molar-refractivity contribution in [3.05, 3.63) is 56.2 Å². The van der Waals surface area contributed by atoms with Crippen LogP contribution in [-0.2, 0) is 13.6 Å². The summed E-state index contributed by atoms with van der Waals surface area (Å²) in [5.74, 6) is 0.143. The standard InChI is InChI=1S/C23H29N7O3S/c1-4-11-29-19(24)18(20(32)27(3)23(29)33)17(31)14-34-22-26-25-21(28-12-5-6-13-28)30(22)16-9-7-15(2)8-10-16/h7-10H,4-6,11-14,24H2,1-3H3. The molecule has 0 unspecified atom stereocenters. The Morgan fingerprint density at radius 1 is 1.12 bits per heavy atom. The zero-order valence-electron chi connectivity index (χ0n) is 19.7. The van der Waals surface area contributed by atoms with Crippen LogP contribution in [0.1, 0.15) is 42.1 Å². The molecule has 0 aliphatic carbocycles. The molecule has 4 rings (SSSR count). The first-order valence-corrected chi connectivity index (χ1v) is 12.3. The van der Waals surface area contributed by atoms with Crippen molar-refractivity contribution in [1.82, 2.24) is 23.9 Å². The van der Waals surface area contributed by atoms with Gasteiger partial charge in [0.05, 0.1) is 11.4 Å². The van der Waals surface area contributed by atoms with Crippen LogP contribution in [0.5, 0.6) is 0 Å². The van der Waals surface area contributed by atoms with Gasteiger partial charge in [-0.05, 0) is 38.3 Å². The van der Waals surface area contributed by atoms with Crippen molar-refractivity contribution < 1.29 is 4.79 Å². The third-order valence-corrected chi connectivity index (χ3v) is 6.87. The van der Waals surface area contributed by atoms with Gasteiger partial charge in [0.1, 0.15) is 11.4 Å². The lowest BCUT2D eigenvalue weighted by Crippen LogP contribution is -2.42. The molecule has 3 aromatic rings. The van der Waals surface area contributed by atoms with Crippen LogP contribution in [0.25, 0.3) is 5.69 Å². The quantitative estimate of drug-likeness (QED) is 0.381. The topological polar surface area (TPSA) is 121 Å². The number of ketones is 1. The Bertz CT molecular complexity index is 1320. The lowest BCUT2D eigenvalue weighted by molar-refractivity contribution is 0.102. The first kappa shape index (κ1) is 23.8. The second kappa shape index (κ2) is 9.88. The van der Waals surface area contributed by atoms with Crippen LogP contribution < -0.4 is 21.9 Å². The zero-order valence-corrected chi connectivity index (χ0v) is 20.5. The summed E-state index contributed by atoms with van der Waals surface area (Å²) in [6.07, 6.45) is 2.83. The number of rotatable bonds is 8. The summed E-state index contributed by atoms with van der Waals surface area (Å²) in [4.78, 5) is 40.5. The van der Waals surface area contributed by atoms with Crippen molar-refractivity contribution in [3.8, 4) is 5.69 Å². The maximum Gasteiger partial charge on any atom is 0.332 e. The Morgan fingerprint density at radius 3 is 2.44 bits per heavy atom. The van der Waals surface area contributed by atoms with Crippen LogP contribution >= 0.6 is 11.8 Å². The lowest BCUT2D eigenvalue weighted by atomic mass is 10.2. The first-order chi connectivity index (χ1) is 16.3. The summed E-state index contributed by atoms with van der Waals surface area (Å²) in [7, 11) is 1.36. The maximum absolute atomic E-state index is 13.1. The molecular formula is C23H29N7O3S. The van der Waals surface area contributed by atoms with Gasteiger partial charge in [-0.15, -0.1) is 10.2 Å². The molecule has 2 aromatic heterocycles. The Labute approximate surface area is 201 Å². The van der Waals surface area contributed by atoms with Gasteiger partial charge in [0.2, 0.25) is 5.95 Å². The number of aromatic nitrogens is 5. The highest BCUT2D eigenvalue weighted by Gasteiger charge is 2.25. The fraction of sp³-hybridized carbons (Fsp3) is 0.435. The van der Waals surface area contributed by atoms with Crippen molar-refractivity contribution in [2.45, 2.75) is 44.8 Å². The molecule has 0 saturated carbocycles. The molecule has 0 amide bonds. The second-order valence-electron chi connectivity index (χ2n) is 8.42. The molecule has 1 fully saturated rings. The molecule has 0 atom stereocenters. The Morgan fingerprint density at radius 2 is 1.79 bits per heavy atom. The average molecular weight is 484 g/mol. The Hall–Kier alpha value is -3.34. The summed E-state index contributed by atoms with van der Waals surface area (Å²) in [6, 6.07) is 8.03. The average Bonchev–Trinajstić information content (AvgIpc) is 3.50. The van der Waals surface area contributed by atoms with Gasteiger partial charge in [-0.25, -0.2) is 4.79 Å². The molecule has 1 aliphatic heterocycles. The van der Waals surface area contributed by atoms with Crippen molar-refractivity contribution >= 4 is 29.3 Å². The minimum Gasteiger partial charge on any atom is -0.384 e. The molecule has 10 nitrogen and oxygen atoms in total. The van der Waals surface area contributed by atoms with E-state index in [1.165, 1.54) is 23.4 Å². The second-order valence-corrected chi connectivity index (χ2v) is 9.36. The van der Waals surface area contributed by atoms with Crippen LogP contribution in [0.2, 0.25) is 0 Å². The summed E-state index contributed by atoms with van der Waals surface area (Å²) >= 11 is 1.20. The van der Waals surface area contributed by atoms with Gasteiger partial charge in [0, 0.05) is 26.7 Å². The number of thioether (sulfide) groups is 1. The van der Waals surface area contributed by atoms with Crippen LogP contribution in [-0.4, -0.2) is 48.5 Å². The number of benzene rings is 1. The molecule has 11 heteroatoms. The van der Waals surface area contributed by atoms with Crippen molar-refractivity contribution in [1.29, 1.82) is 0 Å². The van der Waals surface area contributed by atoms with Crippen molar-refractivity contribution in [2.75, 3.05) is 29.5 Å². The molecule has 0 spiro atoms. The Kier molecular flexibility index (Phi) is 6.92. The predicted octanol–water partition coefficient (Wildman–Crippen LogP) is 2.00. The molecule has 0 bridgehead atoms. The highest BCUT2D eigenvalue weighted by Crippen LogP contribution is 2.29. The molecule has 0 radical (unpaired) electrons. The SMILES string of the molecule is CCCn1c(N)c(C(=O)CSc2nnc(N3CCCC3)n2-c2ccc(C)cc2)c(=O)n(C)c1=O. The van der Waals surface area contributed by atoms with E-state index in [1.807, 2.05) is 42.7 Å². The van der Waals surface area contributed by atoms with Gasteiger partial charge >= 0.3 is 5.69 Å². The van der Waals surface area contributed by atoms with Crippen molar-refractivity contribution in [3.63, 3.8) is 0 Å². The summed E-state index contributed by atoms with van der Waals surface area (Å²) in [6.45, 7) is 6.05. The number of nitrogens with zero attached hydrogens (tertiary/aromatic N) is 6. The number of hydrogen-bond donors (Lipinski definition) is 1. The van der Waals surface area contributed by atoms with Gasteiger partial charge in [-0.1, -0.05) is 36.4 Å². The van der Waals surface area contributed by atoms with E-state index in [1.54, 1.807) is 0 Å². The normalized spacial score (nSPS) is 13.6. The van der Waals surface area contributed by atoms with Gasteiger partial charge in [0.25, 0.3) is 5.56 Å². The Balaban J connectivity index is 1.67. The minimum absolute atomic E-state index is 0.0617. The number of anilines is 2. The smallest absolute Gasteiger partial charge is 0.332 e. The van der Waals surface area contributed by atoms with Crippen molar-refractivity contribution in [2.24, 2.45) is 7.05 Å². The molecule has 34 heavy (non-hydrogen) atoms. The summed E-state index contributed by atoms with van der Waals surface area (Å²) in [5.41, 5.74) is 6.78. The summed E-state index contributed by atoms with van der Waals surface area (Å²) in [5, 5.41) is 9.33. The molecule has 1 aliphatic rings. The largest absolute Gasteiger partial charge is 0.384 e. The van der Waals surface area contributed by atoms with E-state index in [9.17, 15) is 14.4 Å². The van der Waals surface area contributed by atoms with E-state index in [2.05, 4.69) is 15.1 Å². The molecule has 2 N–H and O–H groups in total. The van der Waals surface area contributed by atoms with Gasteiger partial charge in [-0.2, -0.15) is 0 Å². The van der Waals surface area contributed by atoms with E-state index in [0.717, 1.165) is 47.7 Å². The van der Waals surface area contributed by atoms with Crippen LogP contribution in [0.4, 0.5) is 11.8 Å². The fourth-order valence-electron chi connectivity index (χ4n) is 4.08. The zero-order chi connectivity index (χ0) is 24.4. The number of carbonyl (C=O) groups is 1. The number of Topliss-reactive ketones (excluding diaryl/α,β-unsaturated/α-hetero) is 1. The molecule has 1 aromatic carbocycles. The fourth-order valence-corrected chi connectivity index (χ4v) is 4.90. The van der Waals surface area contributed by atoms with E-state index in [-0.39, 0.29) is 17.1 Å². The van der Waals surface area contributed by atoms with Crippen LogP contribution in [0.15, 0.2) is 39.0 Å². The van der Waals surface area contributed by atoms with Gasteiger partial charge in [-0.3, -0.25) is 23.3 Å².